The van der Waals surface area contributed by atoms with E-state index in [0.717, 1.165) is 55.7 Å². The van der Waals surface area contributed by atoms with Crippen LogP contribution in [-0.2, 0) is 13.0 Å². The van der Waals surface area contributed by atoms with Crippen molar-refractivity contribution in [1.82, 2.24) is 14.8 Å². The molecule has 24 heavy (non-hydrogen) atoms. The fourth-order valence-electron chi connectivity index (χ4n) is 3.68. The van der Waals surface area contributed by atoms with E-state index in [1.807, 2.05) is 23.6 Å². The van der Waals surface area contributed by atoms with Crippen molar-refractivity contribution in [3.05, 3.63) is 35.0 Å². The number of para-hydroxylation sites is 1. The zero-order valence-electron chi connectivity index (χ0n) is 14.1. The fraction of sp³-hybridized carbons (Fsp3) is 0.500. The zero-order valence-corrected chi connectivity index (χ0v) is 14.1. The molecule has 6 nitrogen and oxygen atoms in total. The van der Waals surface area contributed by atoms with E-state index in [-0.39, 0.29) is 6.61 Å². The van der Waals surface area contributed by atoms with Crippen molar-refractivity contribution in [2.75, 3.05) is 39.3 Å². The maximum absolute atomic E-state index is 11.6. The Morgan fingerprint density at radius 2 is 2.00 bits per heavy atom. The smallest absolute Gasteiger partial charge is 0.337 e. The summed E-state index contributed by atoms with van der Waals surface area (Å²) in [6, 6.07) is 5.44. The van der Waals surface area contributed by atoms with E-state index in [1.54, 1.807) is 6.07 Å². The van der Waals surface area contributed by atoms with Crippen LogP contribution in [0.3, 0.4) is 0 Å². The quantitative estimate of drug-likeness (QED) is 0.738. The minimum absolute atomic E-state index is 0.00416. The topological polar surface area (TPSA) is 77.7 Å². The van der Waals surface area contributed by atoms with Crippen molar-refractivity contribution in [3.63, 3.8) is 0 Å². The third-order valence-corrected chi connectivity index (χ3v) is 4.91. The van der Waals surface area contributed by atoms with Gasteiger partial charge in [0.1, 0.15) is 0 Å². The molecule has 0 saturated carbocycles. The van der Waals surface area contributed by atoms with E-state index in [9.17, 15) is 15.0 Å². The van der Waals surface area contributed by atoms with Gasteiger partial charge >= 0.3 is 5.97 Å². The number of piperazine rings is 1. The van der Waals surface area contributed by atoms with Crippen LogP contribution in [0.2, 0.25) is 0 Å². The molecular formula is C18H25N3O3. The Bertz CT molecular complexity index is 733. The second kappa shape index (κ2) is 7.34. The number of aromatic carboxylic acids is 1. The van der Waals surface area contributed by atoms with E-state index < -0.39 is 5.97 Å². The van der Waals surface area contributed by atoms with Gasteiger partial charge in [-0.05, 0) is 25.0 Å². The summed E-state index contributed by atoms with van der Waals surface area (Å²) in [5.41, 5.74) is 3.28. The van der Waals surface area contributed by atoms with Gasteiger partial charge in [-0.3, -0.25) is 0 Å². The molecule has 0 atom stereocenters. The van der Waals surface area contributed by atoms with Crippen LogP contribution in [0.5, 0.6) is 0 Å². The van der Waals surface area contributed by atoms with Gasteiger partial charge in [0.25, 0.3) is 0 Å². The monoisotopic (exact) mass is 331 g/mol. The van der Waals surface area contributed by atoms with E-state index >= 15 is 0 Å². The number of carbonyl (C=O) groups is 1. The van der Waals surface area contributed by atoms with Crippen LogP contribution in [0.4, 0.5) is 0 Å². The van der Waals surface area contributed by atoms with E-state index in [0.29, 0.717) is 12.1 Å². The Labute approximate surface area is 141 Å². The Morgan fingerprint density at radius 3 is 2.67 bits per heavy atom. The average Bonchev–Trinajstić information content (AvgIpc) is 2.86. The zero-order chi connectivity index (χ0) is 17.1. The number of rotatable bonds is 6. The summed E-state index contributed by atoms with van der Waals surface area (Å²) in [4.78, 5) is 14.0. The minimum Gasteiger partial charge on any atom is -0.478 e. The van der Waals surface area contributed by atoms with Crippen molar-refractivity contribution >= 4 is 16.9 Å². The van der Waals surface area contributed by atoms with Gasteiger partial charge in [-0.15, -0.1) is 0 Å². The Hall–Kier alpha value is -1.89. The predicted molar refractivity (Wildman–Crippen MR) is 93.7 cm³/mol. The summed E-state index contributed by atoms with van der Waals surface area (Å²) in [5, 5.41) is 23.3. The van der Waals surface area contributed by atoms with E-state index in [1.165, 1.54) is 5.56 Å². The highest BCUT2D eigenvalue weighted by atomic mass is 16.4. The number of nitrogens with zero attached hydrogens (tertiary/aromatic N) is 2. The first-order chi connectivity index (χ1) is 11.6. The normalized spacial score (nSPS) is 15.9. The first kappa shape index (κ1) is 17.0. The van der Waals surface area contributed by atoms with E-state index in [4.69, 9.17) is 0 Å². The molecule has 1 aromatic heterocycles. The van der Waals surface area contributed by atoms with Gasteiger partial charge in [0.05, 0.1) is 17.7 Å². The van der Waals surface area contributed by atoms with Gasteiger partial charge in [0.2, 0.25) is 0 Å². The maximum atomic E-state index is 11.6. The van der Waals surface area contributed by atoms with Crippen LogP contribution >= 0.6 is 0 Å². The van der Waals surface area contributed by atoms with Crippen molar-refractivity contribution in [3.8, 4) is 0 Å². The number of aliphatic hydroxyl groups excluding tert-OH is 1. The molecule has 3 rings (SSSR count). The number of fused-ring (bicyclic) bond motifs is 1. The van der Waals surface area contributed by atoms with Crippen LogP contribution in [0.1, 0.15) is 21.6 Å². The van der Waals surface area contributed by atoms with Crippen molar-refractivity contribution in [1.29, 1.82) is 0 Å². The molecule has 0 unspecified atom stereocenters. The lowest BCUT2D eigenvalue weighted by atomic mass is 10.0. The number of hydrogen-bond donors (Lipinski definition) is 3. The molecule has 130 valence electrons. The third kappa shape index (κ3) is 3.17. The number of aromatic nitrogens is 1. The Kier molecular flexibility index (Phi) is 5.18. The molecule has 0 bridgehead atoms. The molecule has 1 fully saturated rings. The lowest BCUT2D eigenvalue weighted by molar-refractivity contribution is 0.0698. The molecule has 1 aliphatic rings. The van der Waals surface area contributed by atoms with Crippen LogP contribution in [0, 0.1) is 6.92 Å². The molecule has 2 heterocycles. The third-order valence-electron chi connectivity index (χ3n) is 4.91. The van der Waals surface area contributed by atoms with Crippen molar-refractivity contribution in [2.45, 2.75) is 19.9 Å². The van der Waals surface area contributed by atoms with Gasteiger partial charge in [-0.2, -0.15) is 0 Å². The predicted octanol–water partition coefficient (Wildman–Crippen LogP) is 1.09. The van der Waals surface area contributed by atoms with Gasteiger partial charge in [-0.1, -0.05) is 12.1 Å². The van der Waals surface area contributed by atoms with Crippen LogP contribution < -0.4 is 5.32 Å². The van der Waals surface area contributed by atoms with Crippen molar-refractivity contribution < 1.29 is 15.0 Å². The van der Waals surface area contributed by atoms with Crippen molar-refractivity contribution in [2.24, 2.45) is 0 Å². The van der Waals surface area contributed by atoms with Gasteiger partial charge in [0, 0.05) is 50.3 Å². The van der Waals surface area contributed by atoms with Crippen LogP contribution in [0.15, 0.2) is 18.2 Å². The highest BCUT2D eigenvalue weighted by Crippen LogP contribution is 2.29. The largest absolute Gasteiger partial charge is 0.478 e. The highest BCUT2D eigenvalue weighted by molar-refractivity contribution is 6.03. The number of benzene rings is 1. The number of carboxylic acid groups (broad SMARTS) is 1. The lowest BCUT2D eigenvalue weighted by Crippen LogP contribution is -2.44. The molecule has 0 spiro atoms. The summed E-state index contributed by atoms with van der Waals surface area (Å²) in [6.45, 7) is 7.55. The van der Waals surface area contributed by atoms with Gasteiger partial charge in [-0.25, -0.2) is 4.79 Å². The SMILES string of the molecule is Cc1c(CCN2CCNCC2)c2cccc(C(=O)O)c2n1CCO. The Balaban J connectivity index is 1.99. The molecule has 3 N–H and O–H groups in total. The number of nitrogens with one attached hydrogen (secondary N) is 1. The molecule has 0 amide bonds. The van der Waals surface area contributed by atoms with Gasteiger partial charge < -0.3 is 25.0 Å². The molecule has 1 aromatic carbocycles. The van der Waals surface area contributed by atoms with Gasteiger partial charge in [0.15, 0.2) is 0 Å². The van der Waals surface area contributed by atoms with Crippen LogP contribution in [0.25, 0.3) is 10.9 Å². The lowest BCUT2D eigenvalue weighted by Gasteiger charge is -2.27. The molecular weight excluding hydrogens is 306 g/mol. The second-order valence-electron chi connectivity index (χ2n) is 6.29. The standard InChI is InChI=1S/C18H25N3O3/c1-13-14(5-8-20-9-6-19-7-10-20)15-3-2-4-16(18(23)24)17(15)21(13)11-12-22/h2-4,19,22H,5-12H2,1H3,(H,23,24). The summed E-state index contributed by atoms with van der Waals surface area (Å²) in [5.74, 6) is -0.925. The Morgan fingerprint density at radius 1 is 1.25 bits per heavy atom. The number of aliphatic hydroxyl groups is 1. The highest BCUT2D eigenvalue weighted by Gasteiger charge is 2.20. The molecule has 1 saturated heterocycles. The van der Waals surface area contributed by atoms with Crippen LogP contribution in [-0.4, -0.2) is 65.0 Å². The number of carboxylic acids is 1. The first-order valence-electron chi connectivity index (χ1n) is 8.51. The summed E-state index contributed by atoms with van der Waals surface area (Å²) >= 11 is 0. The molecule has 6 heteroatoms. The number of hydrogen-bond acceptors (Lipinski definition) is 4. The summed E-state index contributed by atoms with van der Waals surface area (Å²) in [7, 11) is 0. The van der Waals surface area contributed by atoms with E-state index in [2.05, 4.69) is 10.2 Å². The first-order valence-corrected chi connectivity index (χ1v) is 8.51. The fourth-order valence-corrected chi connectivity index (χ4v) is 3.68. The summed E-state index contributed by atoms with van der Waals surface area (Å²) < 4.78 is 1.95. The molecule has 2 aromatic rings. The molecule has 1 aliphatic heterocycles. The minimum atomic E-state index is -0.925. The second-order valence-corrected chi connectivity index (χ2v) is 6.29. The maximum Gasteiger partial charge on any atom is 0.337 e. The molecule has 0 aliphatic carbocycles. The average molecular weight is 331 g/mol. The summed E-state index contributed by atoms with van der Waals surface area (Å²) in [6.07, 6.45) is 0.893. The molecule has 0 radical (unpaired) electrons.